The molecular formula is C19H21N3O3. The Morgan fingerprint density at radius 3 is 2.52 bits per heavy atom. The molecule has 1 heterocycles. The molecule has 1 amide bonds. The zero-order chi connectivity index (χ0) is 17.2. The maximum absolute atomic E-state index is 13.0. The van der Waals surface area contributed by atoms with Crippen LogP contribution in [0.1, 0.15) is 49.0 Å². The molecule has 4 bridgehead atoms. The fourth-order valence-corrected chi connectivity index (χ4v) is 5.95. The normalized spacial score (nSPS) is 35.9. The van der Waals surface area contributed by atoms with Crippen molar-refractivity contribution in [3.05, 3.63) is 40.3 Å². The van der Waals surface area contributed by atoms with E-state index in [1.54, 1.807) is 24.3 Å². The van der Waals surface area contributed by atoms with Crippen molar-refractivity contribution in [3.63, 3.8) is 0 Å². The molecule has 6 nitrogen and oxygen atoms in total. The summed E-state index contributed by atoms with van der Waals surface area (Å²) in [6.07, 6.45) is 5.37. The summed E-state index contributed by atoms with van der Waals surface area (Å²) in [6, 6.07) is 7.02. The van der Waals surface area contributed by atoms with Gasteiger partial charge in [-0.1, -0.05) is 18.2 Å². The second-order valence-corrected chi connectivity index (χ2v) is 8.37. The van der Waals surface area contributed by atoms with Gasteiger partial charge in [0.15, 0.2) is 5.69 Å². The predicted octanol–water partition coefficient (Wildman–Crippen LogP) is 1.74. The first kappa shape index (κ1) is 15.1. The number of carbonyl (C=O) groups excluding carboxylic acids is 1. The number of carbonyl (C=O) groups is 1. The third-order valence-electron chi connectivity index (χ3n) is 6.32. The van der Waals surface area contributed by atoms with Crippen molar-refractivity contribution in [2.75, 3.05) is 0 Å². The first-order valence-electron chi connectivity index (χ1n) is 8.98. The first-order valence-corrected chi connectivity index (χ1v) is 8.98. The van der Waals surface area contributed by atoms with E-state index in [0.29, 0.717) is 29.0 Å². The molecule has 0 spiro atoms. The van der Waals surface area contributed by atoms with Gasteiger partial charge in [-0.05, 0) is 56.4 Å². The van der Waals surface area contributed by atoms with Crippen molar-refractivity contribution >= 4 is 16.7 Å². The topological polar surface area (TPSA) is 95.1 Å². The fourth-order valence-electron chi connectivity index (χ4n) is 5.95. The second kappa shape index (κ2) is 4.91. The number of hydrogen-bond acceptors (Lipinski definition) is 4. The summed E-state index contributed by atoms with van der Waals surface area (Å²) in [7, 11) is 0. The predicted molar refractivity (Wildman–Crippen MR) is 92.2 cm³/mol. The summed E-state index contributed by atoms with van der Waals surface area (Å²) in [5.41, 5.74) is -1.01. The molecule has 2 atom stereocenters. The molecule has 0 saturated heterocycles. The van der Waals surface area contributed by atoms with E-state index >= 15 is 0 Å². The Hall–Kier alpha value is -2.21. The molecule has 4 saturated carbocycles. The lowest BCUT2D eigenvalue weighted by Crippen LogP contribution is -2.65. The van der Waals surface area contributed by atoms with Crippen molar-refractivity contribution in [2.45, 2.75) is 49.7 Å². The third kappa shape index (κ3) is 2.31. The number of hydrogen-bond donors (Lipinski definition) is 3. The summed E-state index contributed by atoms with van der Waals surface area (Å²) < 4.78 is 0. The van der Waals surface area contributed by atoms with Crippen molar-refractivity contribution < 1.29 is 9.90 Å². The highest BCUT2D eigenvalue weighted by atomic mass is 16.3. The minimum Gasteiger partial charge on any atom is -0.390 e. The molecule has 130 valence electrons. The van der Waals surface area contributed by atoms with Crippen LogP contribution in [0.3, 0.4) is 0 Å². The lowest BCUT2D eigenvalue weighted by Gasteiger charge is -2.60. The van der Waals surface area contributed by atoms with Gasteiger partial charge in [-0.2, -0.15) is 5.10 Å². The van der Waals surface area contributed by atoms with Crippen molar-refractivity contribution in [1.82, 2.24) is 15.5 Å². The van der Waals surface area contributed by atoms with E-state index in [1.165, 1.54) is 6.42 Å². The minimum atomic E-state index is -0.627. The number of aromatic nitrogens is 2. The number of H-pyrrole nitrogens is 1. The summed E-state index contributed by atoms with van der Waals surface area (Å²) in [5, 5.41) is 21.5. The van der Waals surface area contributed by atoms with Crippen LogP contribution in [0.4, 0.5) is 0 Å². The largest absolute Gasteiger partial charge is 0.390 e. The molecule has 6 heteroatoms. The standard InChI is InChI=1S/C19H21N3O3/c23-16-14-4-2-1-3-13(14)15(21-22-16)17(24)20-18-6-11-5-12(7-18)9-19(25,8-11)10-18/h1-4,11-12,25H,5-10H2,(H,20,24)(H,22,23). The molecule has 25 heavy (non-hydrogen) atoms. The van der Waals surface area contributed by atoms with E-state index in [-0.39, 0.29) is 22.7 Å². The van der Waals surface area contributed by atoms with E-state index < -0.39 is 5.60 Å². The molecular weight excluding hydrogens is 318 g/mol. The van der Waals surface area contributed by atoms with Crippen LogP contribution in [0, 0.1) is 11.8 Å². The number of aliphatic hydroxyl groups is 1. The summed E-state index contributed by atoms with van der Waals surface area (Å²) in [6.45, 7) is 0. The van der Waals surface area contributed by atoms with Crippen LogP contribution in [0.15, 0.2) is 29.1 Å². The number of amides is 1. The van der Waals surface area contributed by atoms with Crippen LogP contribution in [0.25, 0.3) is 10.8 Å². The van der Waals surface area contributed by atoms with E-state index in [1.807, 2.05) is 0 Å². The third-order valence-corrected chi connectivity index (χ3v) is 6.32. The van der Waals surface area contributed by atoms with Gasteiger partial charge < -0.3 is 10.4 Å². The van der Waals surface area contributed by atoms with Crippen molar-refractivity contribution in [1.29, 1.82) is 0 Å². The second-order valence-electron chi connectivity index (χ2n) is 8.37. The average Bonchev–Trinajstić information content (AvgIpc) is 2.52. The van der Waals surface area contributed by atoms with Crippen LogP contribution in [0.2, 0.25) is 0 Å². The molecule has 1 aromatic heterocycles. The molecule has 2 aromatic rings. The lowest BCUT2D eigenvalue weighted by molar-refractivity contribution is -0.139. The van der Waals surface area contributed by atoms with Crippen LogP contribution >= 0.6 is 0 Å². The molecule has 2 unspecified atom stereocenters. The molecule has 3 N–H and O–H groups in total. The monoisotopic (exact) mass is 339 g/mol. The van der Waals surface area contributed by atoms with Gasteiger partial charge >= 0.3 is 0 Å². The number of fused-ring (bicyclic) bond motifs is 1. The summed E-state index contributed by atoms with van der Waals surface area (Å²) >= 11 is 0. The Morgan fingerprint density at radius 2 is 1.84 bits per heavy atom. The Morgan fingerprint density at radius 1 is 1.16 bits per heavy atom. The molecule has 1 aromatic carbocycles. The van der Waals surface area contributed by atoms with Gasteiger partial charge in [0, 0.05) is 10.9 Å². The highest BCUT2D eigenvalue weighted by Gasteiger charge is 2.57. The molecule has 0 radical (unpaired) electrons. The average molecular weight is 339 g/mol. The van der Waals surface area contributed by atoms with Gasteiger partial charge in [0.25, 0.3) is 11.5 Å². The SMILES string of the molecule is O=C(NC12CC3CC(CC(O)(C3)C1)C2)c1n[nH]c(=O)c2ccccc12. The maximum Gasteiger partial charge on any atom is 0.272 e. The Balaban J connectivity index is 1.51. The zero-order valence-electron chi connectivity index (χ0n) is 13.9. The molecule has 0 aliphatic heterocycles. The van der Waals surface area contributed by atoms with E-state index in [2.05, 4.69) is 15.5 Å². The number of rotatable bonds is 2. The number of benzene rings is 1. The van der Waals surface area contributed by atoms with E-state index in [4.69, 9.17) is 0 Å². The van der Waals surface area contributed by atoms with E-state index in [9.17, 15) is 14.7 Å². The quantitative estimate of drug-likeness (QED) is 0.776. The van der Waals surface area contributed by atoms with Gasteiger partial charge in [-0.25, -0.2) is 5.10 Å². The van der Waals surface area contributed by atoms with Crippen LogP contribution in [-0.2, 0) is 0 Å². The van der Waals surface area contributed by atoms with Gasteiger partial charge in [0.1, 0.15) is 0 Å². The zero-order valence-corrected chi connectivity index (χ0v) is 13.9. The number of nitrogens with one attached hydrogen (secondary N) is 2. The van der Waals surface area contributed by atoms with Crippen LogP contribution in [0.5, 0.6) is 0 Å². The number of nitrogens with zero attached hydrogens (tertiary/aromatic N) is 1. The summed E-state index contributed by atoms with van der Waals surface area (Å²) in [4.78, 5) is 24.9. The van der Waals surface area contributed by atoms with Crippen LogP contribution < -0.4 is 10.9 Å². The smallest absolute Gasteiger partial charge is 0.272 e. The first-order chi connectivity index (χ1) is 12.0. The van der Waals surface area contributed by atoms with Gasteiger partial charge in [0.2, 0.25) is 0 Å². The molecule has 6 rings (SSSR count). The Labute approximate surface area is 144 Å². The van der Waals surface area contributed by atoms with Gasteiger partial charge in [-0.3, -0.25) is 9.59 Å². The van der Waals surface area contributed by atoms with Gasteiger partial charge in [-0.15, -0.1) is 0 Å². The van der Waals surface area contributed by atoms with Gasteiger partial charge in [0.05, 0.1) is 11.0 Å². The van der Waals surface area contributed by atoms with E-state index in [0.717, 1.165) is 25.7 Å². The fraction of sp³-hybridized carbons (Fsp3) is 0.526. The lowest BCUT2D eigenvalue weighted by atomic mass is 9.51. The van der Waals surface area contributed by atoms with Crippen molar-refractivity contribution in [3.8, 4) is 0 Å². The Bertz CT molecular complexity index is 921. The molecule has 4 fully saturated rings. The highest BCUT2D eigenvalue weighted by molar-refractivity contribution is 6.05. The number of aromatic amines is 1. The molecule has 4 aliphatic rings. The molecule has 4 aliphatic carbocycles. The van der Waals surface area contributed by atoms with Crippen molar-refractivity contribution in [2.24, 2.45) is 11.8 Å². The Kier molecular flexibility index (Phi) is 2.96. The maximum atomic E-state index is 13.0. The minimum absolute atomic E-state index is 0.248. The highest BCUT2D eigenvalue weighted by Crippen LogP contribution is 2.57. The van der Waals surface area contributed by atoms with Crippen LogP contribution in [-0.4, -0.2) is 32.4 Å². The summed E-state index contributed by atoms with van der Waals surface area (Å²) in [5.74, 6) is 0.719.